The highest BCUT2D eigenvalue weighted by Gasteiger charge is 2.53. The number of aromatic nitrogens is 5. The Bertz CT molecular complexity index is 1570. The largest absolute Gasteiger partial charge is 0.382 e. The Kier molecular flexibility index (Phi) is 4.88. The molecule has 1 aliphatic rings. The van der Waals surface area contributed by atoms with Crippen LogP contribution in [0.5, 0.6) is 0 Å². The molecule has 0 aliphatic heterocycles. The highest BCUT2D eigenvalue weighted by Crippen LogP contribution is 2.52. The monoisotopic (exact) mass is 473 g/mol. The maximum Gasteiger partial charge on any atom is 0.267 e. The highest BCUT2D eigenvalue weighted by molar-refractivity contribution is 6.35. The summed E-state index contributed by atoms with van der Waals surface area (Å²) < 4.78 is 1.54. The zero-order valence-electron chi connectivity index (χ0n) is 18.4. The standard InChI is InChI=1S/C23H20ClN9O/c1-12-8-13(11-28-10-12)33-20(34)17-15(24)4-3-5-16(17)29-21(33)23(6-7-23)32(2)19-14(9-25)18(26)30-22(27)31-19/h3-5,8,10-11H,6-7H2,1-2H3,(H4,26,27,30,31). The van der Waals surface area contributed by atoms with Crippen molar-refractivity contribution in [3.05, 3.63) is 69.0 Å². The zero-order valence-corrected chi connectivity index (χ0v) is 19.2. The average molecular weight is 474 g/mol. The van der Waals surface area contributed by atoms with Crippen molar-refractivity contribution in [2.75, 3.05) is 23.4 Å². The molecule has 0 atom stereocenters. The Morgan fingerprint density at radius 1 is 1.21 bits per heavy atom. The van der Waals surface area contributed by atoms with Crippen LogP contribution in [0.3, 0.4) is 0 Å². The Morgan fingerprint density at radius 2 is 1.97 bits per heavy atom. The molecule has 1 fully saturated rings. The van der Waals surface area contributed by atoms with Gasteiger partial charge < -0.3 is 16.4 Å². The minimum atomic E-state index is -0.738. The molecule has 0 bridgehead atoms. The predicted octanol–water partition coefficient (Wildman–Crippen LogP) is 2.69. The second-order valence-electron chi connectivity index (χ2n) is 8.30. The molecule has 3 aromatic heterocycles. The van der Waals surface area contributed by atoms with Gasteiger partial charge in [0, 0.05) is 13.2 Å². The Labute approximate surface area is 199 Å². The quantitative estimate of drug-likeness (QED) is 0.455. The van der Waals surface area contributed by atoms with Crippen LogP contribution < -0.4 is 21.9 Å². The molecule has 4 N–H and O–H groups in total. The van der Waals surface area contributed by atoms with Crippen LogP contribution in [0.15, 0.2) is 41.5 Å². The topological polar surface area (TPSA) is 153 Å². The van der Waals surface area contributed by atoms with E-state index >= 15 is 0 Å². The number of nitrogens with two attached hydrogens (primary N) is 2. The van der Waals surface area contributed by atoms with Crippen LogP contribution in [-0.2, 0) is 5.54 Å². The van der Waals surface area contributed by atoms with Gasteiger partial charge in [0.2, 0.25) is 5.95 Å². The van der Waals surface area contributed by atoms with E-state index in [0.29, 0.717) is 40.3 Å². The molecule has 0 amide bonds. The van der Waals surface area contributed by atoms with E-state index in [-0.39, 0.29) is 28.7 Å². The van der Waals surface area contributed by atoms with Crippen LogP contribution >= 0.6 is 11.6 Å². The zero-order chi connectivity index (χ0) is 24.2. The Morgan fingerprint density at radius 3 is 2.65 bits per heavy atom. The number of rotatable bonds is 4. The fourth-order valence-corrected chi connectivity index (χ4v) is 4.52. The smallest absolute Gasteiger partial charge is 0.267 e. The molecular formula is C23H20ClN9O. The third kappa shape index (κ3) is 3.21. The van der Waals surface area contributed by atoms with Gasteiger partial charge in [0.1, 0.15) is 28.8 Å². The second kappa shape index (κ2) is 7.67. The molecule has 1 aliphatic carbocycles. The summed E-state index contributed by atoms with van der Waals surface area (Å²) in [4.78, 5) is 33.0. The summed E-state index contributed by atoms with van der Waals surface area (Å²) in [5.74, 6) is 0.708. The van der Waals surface area contributed by atoms with Gasteiger partial charge >= 0.3 is 0 Å². The van der Waals surface area contributed by atoms with Gasteiger partial charge in [0.05, 0.1) is 27.8 Å². The van der Waals surface area contributed by atoms with Gasteiger partial charge in [-0.25, -0.2) is 4.98 Å². The molecule has 1 aromatic carbocycles. The second-order valence-corrected chi connectivity index (χ2v) is 8.71. The number of nitriles is 1. The van der Waals surface area contributed by atoms with E-state index in [1.807, 2.05) is 13.0 Å². The summed E-state index contributed by atoms with van der Waals surface area (Å²) in [6.07, 6.45) is 4.64. The number of fused-ring (bicyclic) bond motifs is 1. The lowest BCUT2D eigenvalue weighted by Gasteiger charge is -2.31. The summed E-state index contributed by atoms with van der Waals surface area (Å²) >= 11 is 6.41. The number of aryl methyl sites for hydroxylation is 1. The molecule has 5 rings (SSSR count). The van der Waals surface area contributed by atoms with Gasteiger partial charge in [-0.1, -0.05) is 17.7 Å². The molecular weight excluding hydrogens is 454 g/mol. The summed E-state index contributed by atoms with van der Waals surface area (Å²) in [7, 11) is 1.78. The lowest BCUT2D eigenvalue weighted by Crippen LogP contribution is -2.39. The normalized spacial score (nSPS) is 14.1. The van der Waals surface area contributed by atoms with Gasteiger partial charge in [-0.2, -0.15) is 15.2 Å². The number of pyridine rings is 1. The first-order chi connectivity index (χ1) is 16.3. The fourth-order valence-electron chi connectivity index (χ4n) is 4.27. The van der Waals surface area contributed by atoms with E-state index in [1.165, 1.54) is 4.57 Å². The van der Waals surface area contributed by atoms with Crippen LogP contribution in [-0.4, -0.2) is 31.6 Å². The summed E-state index contributed by atoms with van der Waals surface area (Å²) in [6.45, 7) is 1.90. The third-order valence-corrected chi connectivity index (χ3v) is 6.43. The number of benzene rings is 1. The fraction of sp³-hybridized carbons (Fsp3) is 0.217. The molecule has 10 nitrogen and oxygen atoms in total. The number of nitrogen functional groups attached to an aromatic ring is 2. The van der Waals surface area contributed by atoms with Crippen molar-refractivity contribution in [2.45, 2.75) is 25.3 Å². The van der Waals surface area contributed by atoms with E-state index in [4.69, 9.17) is 28.1 Å². The van der Waals surface area contributed by atoms with E-state index in [9.17, 15) is 10.1 Å². The number of nitrogens with zero attached hydrogens (tertiary/aromatic N) is 7. The highest BCUT2D eigenvalue weighted by atomic mass is 35.5. The van der Waals surface area contributed by atoms with Crippen molar-refractivity contribution in [1.82, 2.24) is 24.5 Å². The molecule has 4 aromatic rings. The first kappa shape index (κ1) is 21.6. The maximum absolute atomic E-state index is 13.8. The minimum Gasteiger partial charge on any atom is -0.382 e. The Hall–Kier alpha value is -4.23. The molecule has 34 heavy (non-hydrogen) atoms. The molecule has 0 unspecified atom stereocenters. The van der Waals surface area contributed by atoms with Gasteiger partial charge in [0.25, 0.3) is 5.56 Å². The first-order valence-corrected chi connectivity index (χ1v) is 10.9. The SMILES string of the molecule is Cc1cncc(-n2c(C3(N(C)c4nc(N)nc(N)c4C#N)CC3)nc3cccc(Cl)c3c2=O)c1. The summed E-state index contributed by atoms with van der Waals surface area (Å²) in [5, 5.41) is 10.3. The van der Waals surface area contributed by atoms with Crippen molar-refractivity contribution in [1.29, 1.82) is 5.26 Å². The number of hydrogen-bond donors (Lipinski definition) is 2. The lowest BCUT2D eigenvalue weighted by molar-refractivity contribution is 0.591. The number of halogens is 1. The van der Waals surface area contributed by atoms with E-state index in [1.54, 1.807) is 42.5 Å². The van der Waals surface area contributed by atoms with Gasteiger partial charge in [0.15, 0.2) is 5.82 Å². The van der Waals surface area contributed by atoms with Crippen LogP contribution in [0.1, 0.15) is 29.8 Å². The molecule has 170 valence electrons. The van der Waals surface area contributed by atoms with Crippen LogP contribution in [0.4, 0.5) is 17.6 Å². The van der Waals surface area contributed by atoms with Crippen molar-refractivity contribution in [3.63, 3.8) is 0 Å². The first-order valence-electron chi connectivity index (χ1n) is 10.5. The van der Waals surface area contributed by atoms with E-state index in [0.717, 1.165) is 5.56 Å². The molecule has 0 saturated heterocycles. The van der Waals surface area contributed by atoms with Gasteiger partial charge in [-0.15, -0.1) is 0 Å². The minimum absolute atomic E-state index is 0.00817. The van der Waals surface area contributed by atoms with Crippen molar-refractivity contribution in [3.8, 4) is 11.8 Å². The average Bonchev–Trinajstić information content (AvgIpc) is 3.60. The molecule has 11 heteroatoms. The van der Waals surface area contributed by atoms with Gasteiger partial charge in [-0.05, 0) is 43.5 Å². The van der Waals surface area contributed by atoms with Crippen LogP contribution in [0, 0.1) is 18.3 Å². The van der Waals surface area contributed by atoms with Crippen molar-refractivity contribution in [2.24, 2.45) is 0 Å². The lowest BCUT2D eigenvalue weighted by atomic mass is 10.1. The Balaban J connectivity index is 1.82. The van der Waals surface area contributed by atoms with Crippen LogP contribution in [0.2, 0.25) is 5.02 Å². The number of anilines is 3. The third-order valence-electron chi connectivity index (χ3n) is 6.11. The molecule has 1 saturated carbocycles. The summed E-state index contributed by atoms with van der Waals surface area (Å²) in [5.41, 5.74) is 12.8. The van der Waals surface area contributed by atoms with Crippen molar-refractivity contribution >= 4 is 40.1 Å². The van der Waals surface area contributed by atoms with Crippen molar-refractivity contribution < 1.29 is 0 Å². The predicted molar refractivity (Wildman–Crippen MR) is 130 cm³/mol. The number of hydrogen-bond acceptors (Lipinski definition) is 9. The van der Waals surface area contributed by atoms with Crippen LogP contribution in [0.25, 0.3) is 16.6 Å². The van der Waals surface area contributed by atoms with E-state index in [2.05, 4.69) is 21.0 Å². The molecule has 3 heterocycles. The molecule has 0 spiro atoms. The van der Waals surface area contributed by atoms with Gasteiger partial charge in [-0.3, -0.25) is 14.3 Å². The summed E-state index contributed by atoms with van der Waals surface area (Å²) in [6, 6.07) is 9.09. The molecule has 0 radical (unpaired) electrons. The maximum atomic E-state index is 13.8. The van der Waals surface area contributed by atoms with E-state index < -0.39 is 5.54 Å².